The number of ether oxygens (including phenoxy) is 1. The van der Waals surface area contributed by atoms with Gasteiger partial charge in [0.2, 0.25) is 10.0 Å². The first-order valence-corrected chi connectivity index (χ1v) is 10.8. The van der Waals surface area contributed by atoms with E-state index in [-0.39, 0.29) is 29.3 Å². The number of benzene rings is 1. The lowest BCUT2D eigenvalue weighted by Gasteiger charge is -2.15. The summed E-state index contributed by atoms with van der Waals surface area (Å²) in [7, 11) is -2.51. The second kappa shape index (κ2) is 7.98. The van der Waals surface area contributed by atoms with E-state index in [1.165, 1.54) is 17.9 Å². The number of aryl methyl sites for hydroxylation is 2. The summed E-state index contributed by atoms with van der Waals surface area (Å²) in [6, 6.07) is 3.16. The minimum Gasteiger partial charge on any atom is -0.495 e. The summed E-state index contributed by atoms with van der Waals surface area (Å²) in [5.41, 5.74) is 1.62. The largest absolute Gasteiger partial charge is 0.495 e. The number of nitrogens with zero attached hydrogens (tertiary/aromatic N) is 2. The van der Waals surface area contributed by atoms with Gasteiger partial charge < -0.3 is 4.74 Å². The molecule has 0 fully saturated rings. The van der Waals surface area contributed by atoms with Gasteiger partial charge in [0.1, 0.15) is 10.6 Å². The molecular formula is C19H24F3N3O3S. The predicted octanol–water partition coefficient (Wildman–Crippen LogP) is 3.38. The highest BCUT2D eigenvalue weighted by Gasteiger charge is 2.39. The Kier molecular flexibility index (Phi) is 5.96. The summed E-state index contributed by atoms with van der Waals surface area (Å²) >= 11 is 0. The quantitative estimate of drug-likeness (QED) is 0.761. The molecule has 1 heterocycles. The lowest BCUT2D eigenvalue weighted by atomic mass is 9.95. The Labute approximate surface area is 168 Å². The molecule has 0 atom stereocenters. The Morgan fingerprint density at radius 3 is 2.48 bits per heavy atom. The van der Waals surface area contributed by atoms with Crippen LogP contribution in [0, 0.1) is 13.8 Å². The van der Waals surface area contributed by atoms with Gasteiger partial charge in [-0.3, -0.25) is 4.68 Å². The molecule has 0 aliphatic heterocycles. The second-order valence-corrected chi connectivity index (χ2v) is 8.92. The van der Waals surface area contributed by atoms with Gasteiger partial charge in [-0.2, -0.15) is 18.3 Å². The summed E-state index contributed by atoms with van der Waals surface area (Å²) in [4.78, 5) is 0.00146. The summed E-state index contributed by atoms with van der Waals surface area (Å²) in [6.45, 7) is 3.58. The molecule has 160 valence electrons. The fourth-order valence-electron chi connectivity index (χ4n) is 3.58. The van der Waals surface area contributed by atoms with Crippen molar-refractivity contribution < 1.29 is 26.3 Å². The van der Waals surface area contributed by atoms with E-state index in [1.807, 2.05) is 6.92 Å². The third-order valence-electron chi connectivity index (χ3n) is 5.21. The van der Waals surface area contributed by atoms with Gasteiger partial charge in [0.05, 0.1) is 13.7 Å². The van der Waals surface area contributed by atoms with Crippen LogP contribution in [-0.4, -0.2) is 31.9 Å². The first kappa shape index (κ1) is 21.6. The van der Waals surface area contributed by atoms with Gasteiger partial charge in [-0.05, 0) is 62.8 Å². The van der Waals surface area contributed by atoms with Crippen LogP contribution < -0.4 is 9.46 Å². The molecule has 0 unspecified atom stereocenters. The van der Waals surface area contributed by atoms with Gasteiger partial charge in [0, 0.05) is 17.8 Å². The summed E-state index contributed by atoms with van der Waals surface area (Å²) in [5, 5.41) is 3.75. The van der Waals surface area contributed by atoms with Crippen LogP contribution >= 0.6 is 0 Å². The molecule has 0 spiro atoms. The van der Waals surface area contributed by atoms with Crippen LogP contribution in [-0.2, 0) is 35.6 Å². The minimum absolute atomic E-state index is 0.00146. The standard InChI is InChI=1S/C19H24F3N3O3S/c1-12-10-16(28-3)17(11-13(12)2)29(26,27)23-8-9-25-15-7-5-4-6-14(15)18(24-25)19(20,21)22/h10-11,23H,4-9H2,1-3H3. The van der Waals surface area contributed by atoms with Crippen molar-refractivity contribution in [3.8, 4) is 5.75 Å². The Balaban J connectivity index is 1.80. The molecule has 2 aromatic rings. The molecule has 0 saturated heterocycles. The van der Waals surface area contributed by atoms with E-state index < -0.39 is 21.9 Å². The van der Waals surface area contributed by atoms with Crippen LogP contribution in [0.25, 0.3) is 0 Å². The molecule has 1 aliphatic rings. The number of sulfonamides is 1. The average Bonchev–Trinajstić information content (AvgIpc) is 3.02. The topological polar surface area (TPSA) is 73.2 Å². The van der Waals surface area contributed by atoms with E-state index >= 15 is 0 Å². The Hall–Kier alpha value is -2.07. The molecule has 10 heteroatoms. The molecule has 0 radical (unpaired) electrons. The van der Waals surface area contributed by atoms with E-state index in [4.69, 9.17) is 4.74 Å². The van der Waals surface area contributed by atoms with Gasteiger partial charge in [-0.15, -0.1) is 0 Å². The average molecular weight is 431 g/mol. The van der Waals surface area contributed by atoms with E-state index in [9.17, 15) is 21.6 Å². The lowest BCUT2D eigenvalue weighted by Crippen LogP contribution is -2.29. The molecule has 1 N–H and O–H groups in total. The van der Waals surface area contributed by atoms with Crippen LogP contribution in [0.2, 0.25) is 0 Å². The number of nitrogens with one attached hydrogen (secondary N) is 1. The molecule has 0 saturated carbocycles. The number of rotatable bonds is 6. The summed E-state index contributed by atoms with van der Waals surface area (Å²) in [6.07, 6.45) is -2.17. The highest BCUT2D eigenvalue weighted by atomic mass is 32.2. The van der Waals surface area contributed by atoms with Gasteiger partial charge in [-0.1, -0.05) is 0 Å². The van der Waals surface area contributed by atoms with Gasteiger partial charge >= 0.3 is 6.18 Å². The van der Waals surface area contributed by atoms with Crippen LogP contribution in [0.5, 0.6) is 5.75 Å². The normalized spacial score (nSPS) is 14.7. The van der Waals surface area contributed by atoms with Crippen LogP contribution in [0.4, 0.5) is 13.2 Å². The third-order valence-corrected chi connectivity index (χ3v) is 6.69. The Morgan fingerprint density at radius 2 is 1.83 bits per heavy atom. The smallest absolute Gasteiger partial charge is 0.435 e. The van der Waals surface area contributed by atoms with Crippen molar-refractivity contribution in [1.82, 2.24) is 14.5 Å². The molecule has 0 amide bonds. The number of fused-ring (bicyclic) bond motifs is 1. The van der Waals surface area contributed by atoms with Gasteiger partial charge in [0.25, 0.3) is 0 Å². The summed E-state index contributed by atoms with van der Waals surface area (Å²) in [5.74, 6) is 0.219. The zero-order chi connectivity index (χ0) is 21.4. The van der Waals surface area contributed by atoms with Crippen molar-refractivity contribution >= 4 is 10.0 Å². The van der Waals surface area contributed by atoms with Crippen molar-refractivity contribution in [2.24, 2.45) is 0 Å². The molecule has 1 aromatic heterocycles. The Bertz CT molecular complexity index is 1010. The van der Waals surface area contributed by atoms with Crippen LogP contribution in [0.1, 0.15) is 40.9 Å². The molecule has 6 nitrogen and oxygen atoms in total. The number of aromatic nitrogens is 2. The maximum atomic E-state index is 13.3. The van der Waals surface area contributed by atoms with Gasteiger partial charge in [0.15, 0.2) is 5.69 Å². The van der Waals surface area contributed by atoms with Crippen LogP contribution in [0.3, 0.4) is 0 Å². The molecule has 3 rings (SSSR count). The molecule has 1 aliphatic carbocycles. The van der Waals surface area contributed by atoms with Crippen LogP contribution in [0.15, 0.2) is 17.0 Å². The lowest BCUT2D eigenvalue weighted by molar-refractivity contribution is -0.142. The number of alkyl halides is 3. The van der Waals surface area contributed by atoms with E-state index in [0.29, 0.717) is 25.0 Å². The maximum Gasteiger partial charge on any atom is 0.435 e. The SMILES string of the molecule is COc1cc(C)c(C)cc1S(=O)(=O)NCCn1nc(C(F)(F)F)c2c1CCCC2. The number of hydrogen-bond donors (Lipinski definition) is 1. The molecule has 29 heavy (non-hydrogen) atoms. The fourth-order valence-corrected chi connectivity index (χ4v) is 4.83. The van der Waals surface area contributed by atoms with Gasteiger partial charge in [-0.25, -0.2) is 13.1 Å². The first-order chi connectivity index (χ1) is 13.5. The van der Waals surface area contributed by atoms with Crippen molar-refractivity contribution in [1.29, 1.82) is 0 Å². The minimum atomic E-state index is -4.51. The van der Waals surface area contributed by atoms with E-state index in [2.05, 4.69) is 9.82 Å². The highest BCUT2D eigenvalue weighted by molar-refractivity contribution is 7.89. The zero-order valence-electron chi connectivity index (χ0n) is 16.6. The van der Waals surface area contributed by atoms with Crippen molar-refractivity contribution in [2.75, 3.05) is 13.7 Å². The highest BCUT2D eigenvalue weighted by Crippen LogP contribution is 2.35. The predicted molar refractivity (Wildman–Crippen MR) is 102 cm³/mol. The molecular weight excluding hydrogens is 407 g/mol. The first-order valence-electron chi connectivity index (χ1n) is 9.35. The summed E-state index contributed by atoms with van der Waals surface area (Å²) < 4.78 is 74.2. The van der Waals surface area contributed by atoms with E-state index in [1.54, 1.807) is 13.0 Å². The number of halogens is 3. The van der Waals surface area contributed by atoms with Crippen molar-refractivity contribution in [3.05, 3.63) is 40.2 Å². The second-order valence-electron chi connectivity index (χ2n) is 7.19. The third kappa shape index (κ3) is 4.42. The van der Waals surface area contributed by atoms with E-state index in [0.717, 1.165) is 17.5 Å². The maximum absolute atomic E-state index is 13.3. The number of methoxy groups -OCH3 is 1. The van der Waals surface area contributed by atoms with Crippen molar-refractivity contribution in [2.45, 2.75) is 57.1 Å². The monoisotopic (exact) mass is 431 g/mol. The molecule has 0 bridgehead atoms. The number of hydrogen-bond acceptors (Lipinski definition) is 4. The zero-order valence-corrected chi connectivity index (χ0v) is 17.4. The fraction of sp³-hybridized carbons (Fsp3) is 0.526. The van der Waals surface area contributed by atoms with Crippen molar-refractivity contribution in [3.63, 3.8) is 0 Å². The Morgan fingerprint density at radius 1 is 1.17 bits per heavy atom. The molecule has 1 aromatic carbocycles.